The van der Waals surface area contributed by atoms with Gasteiger partial charge in [-0.3, -0.25) is 14.2 Å². The van der Waals surface area contributed by atoms with Crippen LogP contribution in [0.3, 0.4) is 0 Å². The van der Waals surface area contributed by atoms with E-state index in [1.807, 2.05) is 21.9 Å². The summed E-state index contributed by atoms with van der Waals surface area (Å²) < 4.78 is 38.4. The summed E-state index contributed by atoms with van der Waals surface area (Å²) in [6, 6.07) is 7.27. The molecule has 230 valence electrons. The topological polar surface area (TPSA) is 136 Å². The smallest absolute Gasteiger partial charge is 0.266 e. The lowest BCUT2D eigenvalue weighted by atomic mass is 9.95. The van der Waals surface area contributed by atoms with Crippen molar-refractivity contribution in [2.75, 3.05) is 57.0 Å². The number of rotatable bonds is 10. The van der Waals surface area contributed by atoms with Crippen molar-refractivity contribution in [2.45, 2.75) is 62.7 Å². The second kappa shape index (κ2) is 13.1. The Labute approximate surface area is 252 Å². The quantitative estimate of drug-likeness (QED) is 0.381. The van der Waals surface area contributed by atoms with Crippen LogP contribution < -0.4 is 4.90 Å². The minimum atomic E-state index is -4.18. The minimum Gasteiger partial charge on any atom is -0.387 e. The van der Waals surface area contributed by atoms with Crippen molar-refractivity contribution in [2.24, 2.45) is 0 Å². The van der Waals surface area contributed by atoms with E-state index in [1.54, 1.807) is 19.2 Å². The number of aliphatic hydroxyl groups excluding tert-OH is 1. The van der Waals surface area contributed by atoms with E-state index < -0.39 is 27.9 Å². The number of anilines is 1. The van der Waals surface area contributed by atoms with E-state index in [2.05, 4.69) is 21.8 Å². The zero-order valence-corrected chi connectivity index (χ0v) is 25.7. The van der Waals surface area contributed by atoms with E-state index in [9.17, 15) is 22.9 Å². The Hall–Kier alpha value is -2.35. The molecule has 2 N–H and O–H groups in total. The molecule has 1 amide bonds. The van der Waals surface area contributed by atoms with Crippen molar-refractivity contribution in [3.63, 3.8) is 0 Å². The number of fused-ring (bicyclic) bond motifs is 1. The summed E-state index contributed by atoms with van der Waals surface area (Å²) in [5.41, 5.74) is 2.49. The Kier molecular flexibility index (Phi) is 9.70. The van der Waals surface area contributed by atoms with Gasteiger partial charge in [0.15, 0.2) is 0 Å². The number of piperazine rings is 1. The van der Waals surface area contributed by atoms with Crippen LogP contribution in [-0.4, -0.2) is 108 Å². The van der Waals surface area contributed by atoms with Gasteiger partial charge in [-0.2, -0.15) is 8.42 Å². The van der Waals surface area contributed by atoms with Crippen LogP contribution in [0.15, 0.2) is 30.6 Å². The first-order valence-corrected chi connectivity index (χ1v) is 16.6. The summed E-state index contributed by atoms with van der Waals surface area (Å²) >= 11 is 6.17. The van der Waals surface area contributed by atoms with Gasteiger partial charge in [-0.05, 0) is 49.3 Å². The van der Waals surface area contributed by atoms with Crippen molar-refractivity contribution in [1.29, 1.82) is 0 Å². The molecular weight excluding hydrogens is 582 g/mol. The minimum absolute atomic E-state index is 0.0353. The van der Waals surface area contributed by atoms with E-state index in [1.165, 1.54) is 6.33 Å². The molecule has 0 unspecified atom stereocenters. The second-order valence-electron chi connectivity index (χ2n) is 11.7. The number of aromatic nitrogens is 2. The van der Waals surface area contributed by atoms with E-state index >= 15 is 0 Å². The average molecular weight is 622 g/mol. The highest BCUT2D eigenvalue weighted by Gasteiger charge is 2.37. The number of halogens is 1. The van der Waals surface area contributed by atoms with Crippen LogP contribution in [0.1, 0.15) is 67.4 Å². The first kappa shape index (κ1) is 31.1. The number of amides is 1. The fourth-order valence-electron chi connectivity index (χ4n) is 6.69. The van der Waals surface area contributed by atoms with Gasteiger partial charge in [0, 0.05) is 63.0 Å². The molecule has 11 nitrogen and oxygen atoms in total. The molecule has 1 saturated carbocycles. The van der Waals surface area contributed by atoms with Gasteiger partial charge in [-0.15, -0.1) is 0 Å². The zero-order valence-electron chi connectivity index (χ0n) is 24.1. The van der Waals surface area contributed by atoms with Crippen LogP contribution >= 0.6 is 11.6 Å². The van der Waals surface area contributed by atoms with Crippen LogP contribution in [0.2, 0.25) is 5.02 Å². The fourth-order valence-corrected chi connectivity index (χ4v) is 7.28. The molecular formula is C29H40ClN5O6S. The van der Waals surface area contributed by atoms with Gasteiger partial charge >= 0.3 is 0 Å². The summed E-state index contributed by atoms with van der Waals surface area (Å²) in [6.07, 6.45) is 4.03. The molecule has 0 spiro atoms. The van der Waals surface area contributed by atoms with E-state index in [4.69, 9.17) is 16.3 Å². The highest BCUT2D eigenvalue weighted by atomic mass is 35.5. The first-order chi connectivity index (χ1) is 20.0. The van der Waals surface area contributed by atoms with Gasteiger partial charge in [-0.1, -0.05) is 30.7 Å². The number of methoxy groups -OCH3 is 1. The summed E-state index contributed by atoms with van der Waals surface area (Å²) in [6.45, 7) is 4.69. The zero-order chi connectivity index (χ0) is 30.0. The maximum Gasteiger partial charge on any atom is 0.266 e. The summed E-state index contributed by atoms with van der Waals surface area (Å²) in [5.74, 6) is -0.00228. The summed E-state index contributed by atoms with van der Waals surface area (Å²) in [7, 11) is -2.50. The van der Waals surface area contributed by atoms with Crippen molar-refractivity contribution < 1.29 is 27.6 Å². The third-order valence-electron chi connectivity index (χ3n) is 9.00. The van der Waals surface area contributed by atoms with Crippen LogP contribution in [0.5, 0.6) is 0 Å². The molecule has 5 rings (SSSR count). The SMILES string of the molecule is CO[C@@H]1CC[C@@H](N(CCS(=O)(=O)O)C[C@@H](C(=O)N2CCN(c3ncnc4c3[C@H](C)C[C@H]4O)CC2)c2ccc(Cl)cc2)C1. The Morgan fingerprint density at radius 1 is 1.14 bits per heavy atom. The van der Waals surface area contributed by atoms with E-state index in [0.29, 0.717) is 49.9 Å². The molecule has 5 atom stereocenters. The second-order valence-corrected chi connectivity index (χ2v) is 13.7. The van der Waals surface area contributed by atoms with Crippen molar-refractivity contribution in [1.82, 2.24) is 19.8 Å². The van der Waals surface area contributed by atoms with Crippen LogP contribution in [0.4, 0.5) is 5.82 Å². The molecule has 0 radical (unpaired) electrons. The standard InChI is InChI=1S/C29H40ClN5O6S/c1-19-15-25(36)27-26(19)28(32-18-31-27)33-9-11-34(12-10-33)29(37)24(20-3-5-21(30)6-4-20)17-35(13-14-42(38,39)40)22-7-8-23(16-22)41-2/h3-6,18-19,22-25,36H,7-17H2,1-2H3,(H,38,39,40)/t19-,22-,23-,24-,25-/m1/s1. The lowest BCUT2D eigenvalue weighted by molar-refractivity contribution is -0.133. The number of aliphatic hydroxyl groups is 1. The van der Waals surface area contributed by atoms with Gasteiger partial charge in [0.05, 0.1) is 29.6 Å². The molecule has 1 aromatic carbocycles. The monoisotopic (exact) mass is 621 g/mol. The van der Waals surface area contributed by atoms with Gasteiger partial charge in [0.25, 0.3) is 10.1 Å². The molecule has 2 aromatic rings. The number of carbonyl (C=O) groups excluding carboxylic acids is 1. The molecule has 1 aliphatic heterocycles. The number of carbonyl (C=O) groups is 1. The predicted molar refractivity (Wildman–Crippen MR) is 159 cm³/mol. The van der Waals surface area contributed by atoms with Gasteiger partial charge in [0.1, 0.15) is 12.1 Å². The maximum absolute atomic E-state index is 14.2. The fraction of sp³-hybridized carbons (Fsp3) is 0.621. The average Bonchev–Trinajstić information content (AvgIpc) is 3.57. The molecule has 2 fully saturated rings. The Balaban J connectivity index is 1.34. The highest BCUT2D eigenvalue weighted by molar-refractivity contribution is 7.85. The van der Waals surface area contributed by atoms with Crippen LogP contribution in [0.25, 0.3) is 0 Å². The van der Waals surface area contributed by atoms with Crippen molar-refractivity contribution >= 4 is 33.4 Å². The maximum atomic E-state index is 14.2. The molecule has 3 aliphatic rings. The molecule has 2 heterocycles. The summed E-state index contributed by atoms with van der Waals surface area (Å²) in [5, 5.41) is 11.0. The Morgan fingerprint density at radius 2 is 1.86 bits per heavy atom. The highest BCUT2D eigenvalue weighted by Crippen LogP contribution is 2.43. The third-order valence-corrected chi connectivity index (χ3v) is 9.95. The largest absolute Gasteiger partial charge is 0.387 e. The molecule has 1 saturated heterocycles. The lowest BCUT2D eigenvalue weighted by Crippen LogP contribution is -2.52. The van der Waals surface area contributed by atoms with Crippen LogP contribution in [0, 0.1) is 0 Å². The van der Waals surface area contributed by atoms with Crippen LogP contribution in [-0.2, 0) is 19.6 Å². The Bertz CT molecular complexity index is 1350. The van der Waals surface area contributed by atoms with Gasteiger partial charge in [0.2, 0.25) is 5.91 Å². The Morgan fingerprint density at radius 3 is 2.50 bits per heavy atom. The molecule has 0 bridgehead atoms. The number of nitrogens with zero attached hydrogens (tertiary/aromatic N) is 5. The van der Waals surface area contributed by atoms with E-state index in [0.717, 1.165) is 36.2 Å². The van der Waals surface area contributed by atoms with Gasteiger partial charge in [-0.25, -0.2) is 9.97 Å². The predicted octanol–water partition coefficient (Wildman–Crippen LogP) is 2.86. The summed E-state index contributed by atoms with van der Waals surface area (Å²) in [4.78, 5) is 29.1. The number of ether oxygens (including phenoxy) is 1. The van der Waals surface area contributed by atoms with Crippen molar-refractivity contribution in [3.8, 4) is 0 Å². The normalized spacial score (nSPS) is 25.2. The number of benzene rings is 1. The van der Waals surface area contributed by atoms with Crippen molar-refractivity contribution in [3.05, 3.63) is 52.4 Å². The third kappa shape index (κ3) is 7.06. The van der Waals surface area contributed by atoms with E-state index in [-0.39, 0.29) is 30.5 Å². The first-order valence-electron chi connectivity index (χ1n) is 14.6. The molecule has 2 aliphatic carbocycles. The number of hydrogen-bond donors (Lipinski definition) is 2. The molecule has 13 heteroatoms. The lowest BCUT2D eigenvalue weighted by Gasteiger charge is -2.39. The van der Waals surface area contributed by atoms with Gasteiger partial charge < -0.3 is 19.6 Å². The molecule has 42 heavy (non-hydrogen) atoms. The molecule has 1 aromatic heterocycles. The number of hydrogen-bond acceptors (Lipinski definition) is 9.